The summed E-state index contributed by atoms with van der Waals surface area (Å²) in [4.78, 5) is 15.3. The molecule has 140 valence electrons. The summed E-state index contributed by atoms with van der Waals surface area (Å²) >= 11 is 0. The van der Waals surface area contributed by atoms with E-state index in [2.05, 4.69) is 15.6 Å². The molecule has 0 unspecified atom stereocenters. The monoisotopic (exact) mass is 458 g/mol. The Morgan fingerprint density at radius 3 is 2.44 bits per heavy atom. The number of amides is 1. The van der Waals surface area contributed by atoms with Crippen LogP contribution < -0.4 is 16.4 Å². The number of rotatable bonds is 8. The predicted molar refractivity (Wildman–Crippen MR) is 114 cm³/mol. The lowest BCUT2D eigenvalue weighted by Gasteiger charge is -2.13. The van der Waals surface area contributed by atoms with Crippen LogP contribution in [0.25, 0.3) is 0 Å². The first-order valence-corrected chi connectivity index (χ1v) is 9.02. The van der Waals surface area contributed by atoms with E-state index in [-0.39, 0.29) is 24.0 Å². The van der Waals surface area contributed by atoms with Gasteiger partial charge in [-0.15, -0.1) is 24.0 Å². The van der Waals surface area contributed by atoms with Gasteiger partial charge in [-0.05, 0) is 30.0 Å². The summed E-state index contributed by atoms with van der Waals surface area (Å²) in [5.74, 6) is 1.39. The number of hydrogen-bond acceptors (Lipinski definition) is 2. The molecule has 0 aliphatic heterocycles. The van der Waals surface area contributed by atoms with Gasteiger partial charge in [0.2, 0.25) is 5.91 Å². The molecule has 0 saturated heterocycles. The van der Waals surface area contributed by atoms with E-state index in [4.69, 9.17) is 5.73 Å². The van der Waals surface area contributed by atoms with Crippen LogP contribution >= 0.6 is 24.0 Å². The molecule has 4 N–H and O–H groups in total. The molecule has 1 aliphatic rings. The van der Waals surface area contributed by atoms with Crippen molar-refractivity contribution in [3.05, 3.63) is 35.4 Å². The van der Waals surface area contributed by atoms with Gasteiger partial charge in [-0.3, -0.25) is 9.79 Å². The smallest absolute Gasteiger partial charge is 0.248 e. The van der Waals surface area contributed by atoms with Crippen molar-refractivity contribution in [2.75, 3.05) is 13.6 Å². The maximum atomic E-state index is 11.1. The lowest BCUT2D eigenvalue weighted by molar-refractivity contribution is 0.100. The normalized spacial score (nSPS) is 14.8. The van der Waals surface area contributed by atoms with Crippen LogP contribution in [0.2, 0.25) is 0 Å². The highest BCUT2D eigenvalue weighted by Gasteiger charge is 2.13. The number of carbonyl (C=O) groups excluding carboxylic acids is 1. The Hall–Kier alpha value is -1.31. The van der Waals surface area contributed by atoms with E-state index in [9.17, 15) is 4.79 Å². The molecule has 1 aromatic rings. The van der Waals surface area contributed by atoms with Gasteiger partial charge in [0.15, 0.2) is 5.96 Å². The quantitative estimate of drug-likeness (QED) is 0.242. The Morgan fingerprint density at radius 2 is 1.84 bits per heavy atom. The lowest BCUT2D eigenvalue weighted by atomic mass is 10.0. The lowest BCUT2D eigenvalue weighted by Crippen LogP contribution is -2.37. The second-order valence-electron chi connectivity index (χ2n) is 6.56. The molecule has 5 nitrogen and oxygen atoms in total. The second kappa shape index (κ2) is 12.1. The van der Waals surface area contributed by atoms with Gasteiger partial charge >= 0.3 is 0 Å². The third-order valence-electron chi connectivity index (χ3n) is 4.73. The molecule has 1 aliphatic carbocycles. The van der Waals surface area contributed by atoms with Gasteiger partial charge in [0.1, 0.15) is 0 Å². The summed E-state index contributed by atoms with van der Waals surface area (Å²) in [5, 5.41) is 6.65. The van der Waals surface area contributed by atoms with Gasteiger partial charge in [0.05, 0.1) is 0 Å². The summed E-state index contributed by atoms with van der Waals surface area (Å²) < 4.78 is 0. The summed E-state index contributed by atoms with van der Waals surface area (Å²) in [6.45, 7) is 1.62. The molecule has 0 spiro atoms. The average molecular weight is 458 g/mol. The molecule has 2 rings (SSSR count). The second-order valence-corrected chi connectivity index (χ2v) is 6.56. The van der Waals surface area contributed by atoms with Crippen LogP contribution in [0.1, 0.15) is 60.9 Å². The number of hydrogen-bond donors (Lipinski definition) is 3. The van der Waals surface area contributed by atoms with Crippen molar-refractivity contribution in [2.24, 2.45) is 16.6 Å². The Bertz CT molecular complexity index is 539. The number of benzene rings is 1. The number of aliphatic imine (C=N–C) groups is 1. The zero-order valence-electron chi connectivity index (χ0n) is 15.1. The van der Waals surface area contributed by atoms with E-state index in [1.54, 1.807) is 19.2 Å². The Balaban J connectivity index is 0.00000312. The zero-order chi connectivity index (χ0) is 17.2. The van der Waals surface area contributed by atoms with Crippen molar-refractivity contribution in [3.8, 4) is 0 Å². The summed E-state index contributed by atoms with van der Waals surface area (Å²) in [7, 11) is 1.78. The Kier molecular flexibility index (Phi) is 10.5. The maximum Gasteiger partial charge on any atom is 0.248 e. The van der Waals surface area contributed by atoms with E-state index in [1.165, 1.54) is 44.9 Å². The van der Waals surface area contributed by atoms with Crippen molar-refractivity contribution in [2.45, 2.75) is 51.5 Å². The van der Waals surface area contributed by atoms with Crippen LogP contribution in [0.15, 0.2) is 29.3 Å². The van der Waals surface area contributed by atoms with E-state index < -0.39 is 5.91 Å². The summed E-state index contributed by atoms with van der Waals surface area (Å²) in [6.07, 6.45) is 9.59. The standard InChI is InChI=1S/C19H30N4O.HI/c1-21-19(22-13-5-4-8-15-6-2-3-7-15)23-14-16-9-11-17(12-10-16)18(20)24;/h9-12,15H,2-8,13-14H2,1H3,(H2,20,24)(H2,21,22,23);1H. The number of halogens is 1. The highest BCUT2D eigenvalue weighted by atomic mass is 127. The van der Waals surface area contributed by atoms with Gasteiger partial charge in [-0.1, -0.05) is 50.7 Å². The van der Waals surface area contributed by atoms with Crippen LogP contribution in [0.4, 0.5) is 0 Å². The van der Waals surface area contributed by atoms with Gasteiger partial charge < -0.3 is 16.4 Å². The number of unbranched alkanes of at least 4 members (excludes halogenated alkanes) is 1. The zero-order valence-corrected chi connectivity index (χ0v) is 17.4. The fourth-order valence-electron chi connectivity index (χ4n) is 3.26. The molecule has 1 fully saturated rings. The van der Waals surface area contributed by atoms with Gasteiger partial charge in [-0.25, -0.2) is 0 Å². The summed E-state index contributed by atoms with van der Waals surface area (Å²) in [5.41, 5.74) is 6.86. The van der Waals surface area contributed by atoms with Gasteiger partial charge in [0, 0.05) is 25.7 Å². The number of primary amides is 1. The van der Waals surface area contributed by atoms with Gasteiger partial charge in [-0.2, -0.15) is 0 Å². The first-order valence-electron chi connectivity index (χ1n) is 9.02. The summed E-state index contributed by atoms with van der Waals surface area (Å²) in [6, 6.07) is 7.31. The fourth-order valence-corrected chi connectivity index (χ4v) is 3.26. The van der Waals surface area contributed by atoms with Crippen LogP contribution in [-0.4, -0.2) is 25.5 Å². The first-order chi connectivity index (χ1) is 11.7. The molecular weight excluding hydrogens is 427 g/mol. The molecule has 6 heteroatoms. The number of nitrogens with one attached hydrogen (secondary N) is 2. The minimum absolute atomic E-state index is 0. The van der Waals surface area contributed by atoms with E-state index in [1.807, 2.05) is 12.1 Å². The Morgan fingerprint density at radius 1 is 1.16 bits per heavy atom. The fraction of sp³-hybridized carbons (Fsp3) is 0.579. The maximum absolute atomic E-state index is 11.1. The number of carbonyl (C=O) groups is 1. The molecule has 25 heavy (non-hydrogen) atoms. The van der Waals surface area contributed by atoms with E-state index >= 15 is 0 Å². The van der Waals surface area contributed by atoms with Crippen LogP contribution in [-0.2, 0) is 6.54 Å². The predicted octanol–water partition coefficient (Wildman–Crippen LogP) is 3.43. The van der Waals surface area contributed by atoms with E-state index in [0.29, 0.717) is 12.1 Å². The highest BCUT2D eigenvalue weighted by Crippen LogP contribution is 2.28. The van der Waals surface area contributed by atoms with Gasteiger partial charge in [0.25, 0.3) is 0 Å². The van der Waals surface area contributed by atoms with Crippen molar-refractivity contribution in [1.29, 1.82) is 0 Å². The van der Waals surface area contributed by atoms with E-state index in [0.717, 1.165) is 24.0 Å². The minimum atomic E-state index is -0.399. The minimum Gasteiger partial charge on any atom is -0.366 e. The third-order valence-corrected chi connectivity index (χ3v) is 4.73. The third kappa shape index (κ3) is 8.07. The van der Waals surface area contributed by atoms with Crippen molar-refractivity contribution < 1.29 is 4.79 Å². The molecule has 1 aromatic carbocycles. The number of nitrogens with zero attached hydrogens (tertiary/aromatic N) is 1. The van der Waals surface area contributed by atoms with Crippen molar-refractivity contribution in [3.63, 3.8) is 0 Å². The SMILES string of the molecule is CN=C(NCCCCC1CCCC1)NCc1ccc(C(N)=O)cc1.I. The molecule has 1 saturated carbocycles. The average Bonchev–Trinajstić information content (AvgIpc) is 3.11. The molecule has 0 atom stereocenters. The van der Waals surface area contributed by atoms with Crippen molar-refractivity contribution >= 4 is 35.8 Å². The topological polar surface area (TPSA) is 79.5 Å². The van der Waals surface area contributed by atoms with Crippen LogP contribution in [0.5, 0.6) is 0 Å². The molecular formula is C19H31IN4O. The van der Waals surface area contributed by atoms with Crippen molar-refractivity contribution in [1.82, 2.24) is 10.6 Å². The van der Waals surface area contributed by atoms with Crippen LogP contribution in [0, 0.1) is 5.92 Å². The van der Waals surface area contributed by atoms with Crippen LogP contribution in [0.3, 0.4) is 0 Å². The molecule has 0 radical (unpaired) electrons. The molecule has 0 bridgehead atoms. The molecule has 1 amide bonds. The number of nitrogens with two attached hydrogens (primary N) is 1. The molecule has 0 heterocycles. The molecule has 0 aromatic heterocycles. The Labute approximate surface area is 168 Å². The largest absolute Gasteiger partial charge is 0.366 e. The number of guanidine groups is 1. The first kappa shape index (κ1) is 21.7. The highest BCUT2D eigenvalue weighted by molar-refractivity contribution is 14.0.